The van der Waals surface area contributed by atoms with Crippen molar-refractivity contribution in [3.8, 4) is 28.4 Å². The fourth-order valence-corrected chi connectivity index (χ4v) is 5.81. The average Bonchev–Trinajstić information content (AvgIpc) is 3.07. The van der Waals surface area contributed by atoms with Gasteiger partial charge in [0, 0.05) is 28.8 Å². The highest BCUT2D eigenvalue weighted by Gasteiger charge is 2.22. The molecule has 5 nitrogen and oxygen atoms in total. The van der Waals surface area contributed by atoms with E-state index in [-0.39, 0.29) is 12.4 Å². The number of halogens is 1. The zero-order valence-electron chi connectivity index (χ0n) is 24.9. The molecule has 224 valence electrons. The fraction of sp³-hybridized carbons (Fsp3) is 0.237. The summed E-state index contributed by atoms with van der Waals surface area (Å²) in [6.45, 7) is 1.96. The van der Waals surface area contributed by atoms with Gasteiger partial charge >= 0.3 is 0 Å². The van der Waals surface area contributed by atoms with Gasteiger partial charge in [0.1, 0.15) is 29.7 Å². The average molecular weight is 590 g/mol. The predicted octanol–water partition coefficient (Wildman–Crippen LogP) is 8.38. The second-order valence-corrected chi connectivity index (χ2v) is 11.1. The Bertz CT molecular complexity index is 1730. The summed E-state index contributed by atoms with van der Waals surface area (Å²) in [5.74, 6) is 1.24. The van der Waals surface area contributed by atoms with Crippen molar-refractivity contribution in [2.75, 3.05) is 20.3 Å². The van der Waals surface area contributed by atoms with E-state index < -0.39 is 5.82 Å². The molecule has 1 N–H and O–H groups in total. The number of carbonyl (C=O) groups excluding carboxylic acids is 1. The summed E-state index contributed by atoms with van der Waals surface area (Å²) >= 11 is 0. The summed E-state index contributed by atoms with van der Waals surface area (Å²) in [6.07, 6.45) is 4.64. The number of methoxy groups -OCH3 is 1. The smallest absolute Gasteiger partial charge is 0.194 e. The van der Waals surface area contributed by atoms with Crippen LogP contribution in [0.2, 0.25) is 0 Å². The monoisotopic (exact) mass is 589 g/mol. The molecular weight excluding hydrogens is 553 g/mol. The third-order valence-corrected chi connectivity index (χ3v) is 8.19. The molecule has 0 aromatic heterocycles. The van der Waals surface area contributed by atoms with E-state index in [9.17, 15) is 9.18 Å². The maximum atomic E-state index is 14.5. The van der Waals surface area contributed by atoms with Crippen LogP contribution in [0.4, 0.5) is 4.39 Å². The Morgan fingerprint density at radius 1 is 0.841 bits per heavy atom. The molecule has 0 amide bonds. The summed E-state index contributed by atoms with van der Waals surface area (Å²) in [7, 11) is 1.62. The zero-order chi connectivity index (χ0) is 30.3. The Morgan fingerprint density at radius 2 is 1.64 bits per heavy atom. The molecule has 0 spiro atoms. The van der Waals surface area contributed by atoms with Gasteiger partial charge in [-0.3, -0.25) is 4.79 Å². The number of nitrogens with one attached hydrogen (secondary N) is 1. The molecule has 1 heterocycles. The van der Waals surface area contributed by atoms with Crippen molar-refractivity contribution in [3.63, 3.8) is 0 Å². The number of fused-ring (bicyclic) bond motifs is 1. The molecule has 1 unspecified atom stereocenters. The molecule has 0 radical (unpaired) electrons. The van der Waals surface area contributed by atoms with Crippen LogP contribution in [0, 0.1) is 5.82 Å². The van der Waals surface area contributed by atoms with Crippen molar-refractivity contribution in [2.45, 2.75) is 38.3 Å². The Balaban J connectivity index is 1.33. The van der Waals surface area contributed by atoms with Gasteiger partial charge < -0.3 is 19.5 Å². The van der Waals surface area contributed by atoms with E-state index in [1.54, 1.807) is 25.3 Å². The van der Waals surface area contributed by atoms with Gasteiger partial charge in [0.2, 0.25) is 0 Å². The summed E-state index contributed by atoms with van der Waals surface area (Å²) < 4.78 is 32.1. The fourth-order valence-electron chi connectivity index (χ4n) is 5.81. The van der Waals surface area contributed by atoms with E-state index in [4.69, 9.17) is 14.2 Å². The lowest BCUT2D eigenvalue weighted by molar-refractivity contribution is 0.104. The first kappa shape index (κ1) is 29.4. The molecule has 1 atom stereocenters. The lowest BCUT2D eigenvalue weighted by Gasteiger charge is -2.23. The number of carbonyl (C=O) groups is 1. The first-order valence-electron chi connectivity index (χ1n) is 15.2. The molecule has 6 rings (SSSR count). The van der Waals surface area contributed by atoms with E-state index >= 15 is 0 Å². The predicted molar refractivity (Wildman–Crippen MR) is 172 cm³/mol. The molecule has 44 heavy (non-hydrogen) atoms. The molecule has 1 aliphatic rings. The number of piperidine rings is 1. The Hall–Kier alpha value is -4.68. The molecule has 1 saturated heterocycles. The van der Waals surface area contributed by atoms with Crippen LogP contribution in [0.15, 0.2) is 103 Å². The molecule has 0 bridgehead atoms. The van der Waals surface area contributed by atoms with E-state index in [2.05, 4.69) is 5.32 Å². The van der Waals surface area contributed by atoms with Crippen LogP contribution in [0.1, 0.15) is 47.2 Å². The highest BCUT2D eigenvalue weighted by atomic mass is 19.1. The Labute approximate surface area is 257 Å². The van der Waals surface area contributed by atoms with Crippen molar-refractivity contribution >= 4 is 16.6 Å². The van der Waals surface area contributed by atoms with Gasteiger partial charge in [-0.25, -0.2) is 4.39 Å². The molecule has 6 heteroatoms. The van der Waals surface area contributed by atoms with Gasteiger partial charge in [0.25, 0.3) is 0 Å². The van der Waals surface area contributed by atoms with E-state index in [0.717, 1.165) is 35.1 Å². The van der Waals surface area contributed by atoms with Crippen LogP contribution in [0.5, 0.6) is 17.2 Å². The third-order valence-electron chi connectivity index (χ3n) is 8.19. The first-order chi connectivity index (χ1) is 21.6. The van der Waals surface area contributed by atoms with E-state index in [0.29, 0.717) is 46.4 Å². The Kier molecular flexibility index (Phi) is 9.18. The highest BCUT2D eigenvalue weighted by Crippen LogP contribution is 2.39. The number of ketones is 1. The molecule has 0 saturated carbocycles. The largest absolute Gasteiger partial charge is 0.497 e. The van der Waals surface area contributed by atoms with E-state index in [1.165, 1.54) is 31.4 Å². The van der Waals surface area contributed by atoms with Gasteiger partial charge in [0.05, 0.1) is 13.7 Å². The molecular formula is C38H36FNO4. The van der Waals surface area contributed by atoms with Crippen molar-refractivity contribution in [3.05, 3.63) is 126 Å². The maximum absolute atomic E-state index is 14.5. The number of rotatable bonds is 11. The first-order valence-corrected chi connectivity index (χ1v) is 15.2. The van der Waals surface area contributed by atoms with Gasteiger partial charge in [-0.1, -0.05) is 48.9 Å². The highest BCUT2D eigenvalue weighted by molar-refractivity contribution is 6.20. The van der Waals surface area contributed by atoms with Crippen LogP contribution >= 0.6 is 0 Å². The summed E-state index contributed by atoms with van der Waals surface area (Å²) in [5, 5.41) is 5.18. The molecule has 1 fully saturated rings. The SMILES string of the molecule is COc1ccc2c(C(=O)c3ccc(OCCC4CCCCN4)cc3)c(-c3ccc(F)cc3OCc3ccccc3)ccc2c1. The number of hydrogen-bond acceptors (Lipinski definition) is 5. The second-order valence-electron chi connectivity index (χ2n) is 11.1. The number of hydrogen-bond donors (Lipinski definition) is 1. The second kappa shape index (κ2) is 13.7. The minimum atomic E-state index is -0.412. The molecule has 0 aliphatic carbocycles. The van der Waals surface area contributed by atoms with Crippen LogP contribution < -0.4 is 19.5 Å². The minimum Gasteiger partial charge on any atom is -0.497 e. The topological polar surface area (TPSA) is 56.8 Å². The van der Waals surface area contributed by atoms with Crippen molar-refractivity contribution < 1.29 is 23.4 Å². The van der Waals surface area contributed by atoms with Crippen LogP contribution in [-0.2, 0) is 6.61 Å². The lowest BCUT2D eigenvalue weighted by atomic mass is 9.89. The van der Waals surface area contributed by atoms with Gasteiger partial charge in [-0.2, -0.15) is 0 Å². The molecule has 1 aliphatic heterocycles. The summed E-state index contributed by atoms with van der Waals surface area (Å²) in [4.78, 5) is 14.3. The van der Waals surface area contributed by atoms with Crippen LogP contribution in [0.25, 0.3) is 21.9 Å². The standard InChI is InChI=1S/C38H36FNO4/c1-42-32-16-19-33-28(23-32)12-17-35(34-18-13-29(39)24-36(34)44-25-26-7-3-2-4-8-26)37(33)38(41)27-10-14-31(15-11-27)43-22-20-30-9-5-6-21-40-30/h2-4,7-8,10-19,23-24,30,40H,5-6,9,20-22,25H2,1H3. The van der Waals surface area contributed by atoms with Crippen molar-refractivity contribution in [1.29, 1.82) is 0 Å². The number of benzene rings is 5. The Morgan fingerprint density at radius 3 is 2.41 bits per heavy atom. The molecule has 5 aromatic rings. The van der Waals surface area contributed by atoms with Crippen molar-refractivity contribution in [1.82, 2.24) is 5.32 Å². The van der Waals surface area contributed by atoms with Gasteiger partial charge in [0.15, 0.2) is 5.78 Å². The van der Waals surface area contributed by atoms with Crippen LogP contribution in [0.3, 0.4) is 0 Å². The third kappa shape index (κ3) is 6.76. The summed E-state index contributed by atoms with van der Waals surface area (Å²) in [5.41, 5.74) is 3.31. The van der Waals surface area contributed by atoms with Crippen molar-refractivity contribution in [2.24, 2.45) is 0 Å². The summed E-state index contributed by atoms with van der Waals surface area (Å²) in [6, 6.07) is 31.5. The van der Waals surface area contributed by atoms with E-state index in [1.807, 2.05) is 72.8 Å². The van der Waals surface area contributed by atoms with Gasteiger partial charge in [-0.05, 0) is 102 Å². The molecule has 5 aromatic carbocycles. The quantitative estimate of drug-likeness (QED) is 0.157. The zero-order valence-corrected chi connectivity index (χ0v) is 24.9. The number of ether oxygens (including phenoxy) is 3. The minimum absolute atomic E-state index is 0.146. The van der Waals surface area contributed by atoms with Gasteiger partial charge in [-0.15, -0.1) is 0 Å². The maximum Gasteiger partial charge on any atom is 0.194 e. The van der Waals surface area contributed by atoms with Crippen LogP contribution in [-0.4, -0.2) is 32.1 Å². The lowest BCUT2D eigenvalue weighted by Crippen LogP contribution is -2.35. The normalized spacial score (nSPS) is 14.7.